The second kappa shape index (κ2) is 7.55. The van der Waals surface area contributed by atoms with Crippen molar-refractivity contribution in [3.8, 4) is 11.1 Å². The number of hydrogen-bond acceptors (Lipinski definition) is 1. The van der Waals surface area contributed by atoms with E-state index in [2.05, 4.69) is 126 Å². The van der Waals surface area contributed by atoms with Gasteiger partial charge in [-0.3, -0.25) is 0 Å². The molecule has 0 aliphatic carbocycles. The Bertz CT molecular complexity index is 1800. The molecule has 0 amide bonds. The normalized spacial score (nSPS) is 18.3. The lowest BCUT2D eigenvalue weighted by Gasteiger charge is -2.24. The van der Waals surface area contributed by atoms with Crippen molar-refractivity contribution in [2.45, 2.75) is 12.2 Å². The fraction of sp³-hybridized carbons (Fsp3) is 0.0588. The Morgan fingerprint density at radius 3 is 1.67 bits per heavy atom. The molecule has 2 bridgehead atoms. The summed E-state index contributed by atoms with van der Waals surface area (Å²) in [6.07, 6.45) is -0.240. The minimum Gasteiger partial charge on any atom is -0.356 e. The zero-order valence-electron chi connectivity index (χ0n) is 19.6. The molecule has 0 spiro atoms. The summed E-state index contributed by atoms with van der Waals surface area (Å²) >= 11 is 0. The largest absolute Gasteiger partial charge is 0.356 e. The van der Waals surface area contributed by atoms with Gasteiger partial charge >= 0.3 is 0 Å². The van der Waals surface area contributed by atoms with Gasteiger partial charge in [0, 0.05) is 27.4 Å². The molecule has 5 aromatic carbocycles. The monoisotopic (exact) mass is 461 g/mol. The van der Waals surface area contributed by atoms with Gasteiger partial charge in [-0.15, -0.1) is 0 Å². The molecule has 36 heavy (non-hydrogen) atoms. The van der Waals surface area contributed by atoms with Crippen molar-refractivity contribution in [2.24, 2.45) is 0 Å². The van der Waals surface area contributed by atoms with Crippen molar-refractivity contribution < 1.29 is 4.74 Å². The molecule has 1 N–H and O–H groups in total. The molecule has 2 unspecified atom stereocenters. The fourth-order valence-corrected chi connectivity index (χ4v) is 6.27. The van der Waals surface area contributed by atoms with Crippen LogP contribution in [0.3, 0.4) is 0 Å². The first kappa shape index (κ1) is 19.9. The van der Waals surface area contributed by atoms with Crippen molar-refractivity contribution in [2.75, 3.05) is 0 Å². The first-order valence-electron chi connectivity index (χ1n) is 12.5. The lowest BCUT2D eigenvalue weighted by Crippen LogP contribution is -2.07. The molecular weight excluding hydrogens is 438 g/mol. The lowest BCUT2D eigenvalue weighted by molar-refractivity contribution is 0.0960. The highest BCUT2D eigenvalue weighted by Crippen LogP contribution is 2.63. The summed E-state index contributed by atoms with van der Waals surface area (Å²) in [6.45, 7) is 0. The quantitative estimate of drug-likeness (QED) is 0.280. The van der Waals surface area contributed by atoms with Crippen molar-refractivity contribution in [3.63, 3.8) is 0 Å². The van der Waals surface area contributed by atoms with Gasteiger partial charge in [-0.1, -0.05) is 109 Å². The third kappa shape index (κ3) is 2.71. The van der Waals surface area contributed by atoms with Crippen molar-refractivity contribution in [1.29, 1.82) is 0 Å². The number of rotatable bonds is 3. The van der Waals surface area contributed by atoms with Gasteiger partial charge in [0.15, 0.2) is 0 Å². The Hall–Kier alpha value is -4.40. The number of para-hydroxylation sites is 1. The smallest absolute Gasteiger partial charge is 0.112 e. The number of ether oxygens (including phenoxy) is 1. The van der Waals surface area contributed by atoms with E-state index < -0.39 is 0 Å². The summed E-state index contributed by atoms with van der Waals surface area (Å²) in [4.78, 5) is 3.77. The molecule has 3 heterocycles. The Balaban J connectivity index is 1.50. The molecule has 2 nitrogen and oxygen atoms in total. The van der Waals surface area contributed by atoms with Crippen LogP contribution >= 0.6 is 0 Å². The van der Waals surface area contributed by atoms with Gasteiger partial charge in [-0.25, -0.2) is 0 Å². The van der Waals surface area contributed by atoms with E-state index in [0.29, 0.717) is 0 Å². The molecule has 0 saturated carbocycles. The highest BCUT2D eigenvalue weighted by atomic mass is 16.5. The minimum absolute atomic E-state index is 0.117. The van der Waals surface area contributed by atoms with Crippen LogP contribution in [0, 0.1) is 0 Å². The summed E-state index contributed by atoms with van der Waals surface area (Å²) in [5.74, 6) is 0. The number of hydrogen-bond donors (Lipinski definition) is 1. The Kier molecular flexibility index (Phi) is 4.16. The van der Waals surface area contributed by atoms with Gasteiger partial charge in [-0.05, 0) is 45.5 Å². The van der Waals surface area contributed by atoms with Gasteiger partial charge < -0.3 is 9.72 Å². The molecule has 8 rings (SSSR count). The van der Waals surface area contributed by atoms with E-state index >= 15 is 0 Å². The molecule has 0 saturated heterocycles. The predicted octanol–water partition coefficient (Wildman–Crippen LogP) is 8.73. The zero-order valence-corrected chi connectivity index (χ0v) is 19.6. The third-order valence-electron chi connectivity index (χ3n) is 7.75. The van der Waals surface area contributed by atoms with Crippen LogP contribution in [0.4, 0.5) is 0 Å². The van der Waals surface area contributed by atoms with Crippen LogP contribution in [-0.4, -0.2) is 4.98 Å². The summed E-state index contributed by atoms with van der Waals surface area (Å²) in [6, 6.07) is 43.2. The Morgan fingerprint density at radius 1 is 0.500 bits per heavy atom. The Labute approximate surface area is 209 Å². The van der Waals surface area contributed by atoms with Gasteiger partial charge in [0.2, 0.25) is 0 Å². The highest BCUT2D eigenvalue weighted by Gasteiger charge is 2.48. The Morgan fingerprint density at radius 2 is 1.03 bits per heavy atom. The van der Waals surface area contributed by atoms with Crippen LogP contribution in [0.15, 0.2) is 121 Å². The van der Waals surface area contributed by atoms with Gasteiger partial charge in [0.1, 0.15) is 12.2 Å². The zero-order chi connectivity index (χ0) is 23.6. The second-order valence-electron chi connectivity index (χ2n) is 9.67. The highest BCUT2D eigenvalue weighted by molar-refractivity contribution is 6.13. The lowest BCUT2D eigenvalue weighted by atomic mass is 9.77. The number of aromatic nitrogens is 1. The molecule has 1 aromatic heterocycles. The molecule has 0 fully saturated rings. The van der Waals surface area contributed by atoms with Crippen LogP contribution in [-0.2, 0) is 4.74 Å². The van der Waals surface area contributed by atoms with Crippen molar-refractivity contribution in [1.82, 2.24) is 4.98 Å². The molecule has 6 aromatic rings. The van der Waals surface area contributed by atoms with Crippen LogP contribution in [0.25, 0.3) is 44.1 Å². The van der Waals surface area contributed by atoms with Crippen LogP contribution in [0.1, 0.15) is 34.5 Å². The van der Waals surface area contributed by atoms with E-state index in [0.717, 1.165) is 5.52 Å². The van der Waals surface area contributed by atoms with E-state index in [1.807, 2.05) is 0 Å². The summed E-state index contributed by atoms with van der Waals surface area (Å²) in [5, 5.41) is 2.51. The fourth-order valence-electron chi connectivity index (χ4n) is 6.27. The summed E-state index contributed by atoms with van der Waals surface area (Å²) < 4.78 is 6.95. The third-order valence-corrected chi connectivity index (χ3v) is 7.75. The average Bonchev–Trinajstić information content (AvgIpc) is 3.64. The van der Waals surface area contributed by atoms with E-state index in [1.54, 1.807) is 0 Å². The van der Waals surface area contributed by atoms with Gasteiger partial charge in [0.25, 0.3) is 0 Å². The van der Waals surface area contributed by atoms with E-state index in [1.165, 1.54) is 60.8 Å². The maximum Gasteiger partial charge on any atom is 0.112 e. The molecule has 2 heteroatoms. The number of benzene rings is 5. The number of fused-ring (bicyclic) bond motifs is 9. The predicted molar refractivity (Wildman–Crippen MR) is 148 cm³/mol. The number of nitrogens with one attached hydrogen (secondary N) is 1. The number of aromatic amines is 1. The molecular formula is C34H23NO. The first-order chi connectivity index (χ1) is 17.9. The van der Waals surface area contributed by atoms with Crippen molar-refractivity contribution >= 4 is 33.0 Å². The van der Waals surface area contributed by atoms with Crippen LogP contribution < -0.4 is 0 Å². The summed E-state index contributed by atoms with van der Waals surface area (Å²) in [5.41, 5.74) is 12.4. The van der Waals surface area contributed by atoms with Crippen LogP contribution in [0.5, 0.6) is 0 Å². The molecule has 170 valence electrons. The molecule has 2 aliphatic rings. The van der Waals surface area contributed by atoms with Gasteiger partial charge in [0.05, 0.1) is 5.52 Å². The molecule has 2 atom stereocenters. The topological polar surface area (TPSA) is 25.0 Å². The summed E-state index contributed by atoms with van der Waals surface area (Å²) in [7, 11) is 0. The minimum atomic E-state index is -0.123. The standard InChI is InChI=1S/C34H23NO/c1-4-12-21(13-5-1)25-20-26-24-18-10-11-19-27(24)35-32(26)31-30(25)33-28(22-14-6-2-7-15-22)29(34(31)36-33)23-16-8-3-9-17-23/h1-20,33-35H. The maximum atomic E-state index is 6.95. The maximum absolute atomic E-state index is 6.95. The molecule has 2 aliphatic heterocycles. The molecule has 0 radical (unpaired) electrons. The van der Waals surface area contributed by atoms with Crippen LogP contribution in [0.2, 0.25) is 0 Å². The van der Waals surface area contributed by atoms with Crippen molar-refractivity contribution in [3.05, 3.63) is 144 Å². The van der Waals surface area contributed by atoms with E-state index in [9.17, 15) is 0 Å². The number of H-pyrrole nitrogens is 1. The van der Waals surface area contributed by atoms with E-state index in [-0.39, 0.29) is 12.2 Å². The second-order valence-corrected chi connectivity index (χ2v) is 9.67. The first-order valence-corrected chi connectivity index (χ1v) is 12.5. The SMILES string of the molecule is c1ccc(C2=C(c3ccccc3)C3OC2c2c(-c4ccccc4)cc4c([nH]c5ccccc54)c23)cc1. The van der Waals surface area contributed by atoms with E-state index in [4.69, 9.17) is 4.74 Å². The van der Waals surface area contributed by atoms with Gasteiger partial charge in [-0.2, -0.15) is 0 Å². The average molecular weight is 462 g/mol.